The molecule has 1 fully saturated rings. The lowest BCUT2D eigenvalue weighted by Crippen LogP contribution is -2.40. The van der Waals surface area contributed by atoms with Crippen LogP contribution in [0.5, 0.6) is 0 Å². The molecular formula is C23H25FN2O3. The van der Waals surface area contributed by atoms with Gasteiger partial charge in [0.15, 0.2) is 0 Å². The number of carbonyl (C=O) groups excluding carboxylic acids is 2. The number of benzene rings is 2. The molecular weight excluding hydrogens is 371 g/mol. The number of halogens is 1. The smallest absolute Gasteiger partial charge is 0.407 e. The van der Waals surface area contributed by atoms with Crippen LogP contribution in [0.2, 0.25) is 0 Å². The molecule has 0 saturated carbocycles. The lowest BCUT2D eigenvalue weighted by molar-refractivity contribution is -0.117. The van der Waals surface area contributed by atoms with Gasteiger partial charge in [0.25, 0.3) is 0 Å². The maximum atomic E-state index is 13.2. The zero-order valence-corrected chi connectivity index (χ0v) is 16.8. The van der Waals surface area contributed by atoms with Crippen molar-refractivity contribution in [2.75, 3.05) is 11.4 Å². The number of hydrogen-bond donors (Lipinski definition) is 1. The molecule has 29 heavy (non-hydrogen) atoms. The zero-order chi connectivity index (χ0) is 21.0. The predicted octanol–water partition coefficient (Wildman–Crippen LogP) is 4.63. The van der Waals surface area contributed by atoms with Crippen LogP contribution in [0.15, 0.2) is 48.5 Å². The first kappa shape index (κ1) is 20.6. The van der Waals surface area contributed by atoms with E-state index in [0.717, 1.165) is 16.8 Å². The van der Waals surface area contributed by atoms with E-state index >= 15 is 0 Å². The maximum Gasteiger partial charge on any atom is 0.407 e. The summed E-state index contributed by atoms with van der Waals surface area (Å²) in [6.07, 6.45) is 3.44. The highest BCUT2D eigenvalue weighted by Crippen LogP contribution is 2.23. The van der Waals surface area contributed by atoms with Gasteiger partial charge in [0.2, 0.25) is 5.91 Å². The molecule has 152 valence electrons. The quantitative estimate of drug-likeness (QED) is 0.767. The van der Waals surface area contributed by atoms with Crippen molar-refractivity contribution in [1.82, 2.24) is 5.32 Å². The first-order valence-electron chi connectivity index (χ1n) is 9.53. The van der Waals surface area contributed by atoms with Crippen molar-refractivity contribution in [2.45, 2.75) is 38.8 Å². The molecule has 0 spiro atoms. The second kappa shape index (κ2) is 8.47. The first-order chi connectivity index (χ1) is 13.7. The number of carbonyl (C=O) groups is 2. The fourth-order valence-electron chi connectivity index (χ4n) is 3.10. The van der Waals surface area contributed by atoms with Gasteiger partial charge in [-0.1, -0.05) is 36.4 Å². The minimum atomic E-state index is -0.582. The molecule has 1 atom stereocenters. The third kappa shape index (κ3) is 5.91. The topological polar surface area (TPSA) is 58.6 Å². The van der Waals surface area contributed by atoms with Crippen LogP contribution < -0.4 is 10.2 Å². The summed E-state index contributed by atoms with van der Waals surface area (Å²) in [7, 11) is 0. The summed E-state index contributed by atoms with van der Waals surface area (Å²) in [5.41, 5.74) is 1.90. The van der Waals surface area contributed by atoms with E-state index < -0.39 is 11.7 Å². The molecule has 1 unspecified atom stereocenters. The van der Waals surface area contributed by atoms with Gasteiger partial charge in [0.1, 0.15) is 11.4 Å². The van der Waals surface area contributed by atoms with Gasteiger partial charge < -0.3 is 15.0 Å². The van der Waals surface area contributed by atoms with Crippen molar-refractivity contribution in [2.24, 2.45) is 0 Å². The Balaban J connectivity index is 1.61. The Morgan fingerprint density at radius 1 is 1.14 bits per heavy atom. The highest BCUT2D eigenvalue weighted by atomic mass is 19.1. The Bertz CT molecular complexity index is 916. The van der Waals surface area contributed by atoms with Crippen LogP contribution in [0.1, 0.15) is 38.3 Å². The van der Waals surface area contributed by atoms with Crippen LogP contribution in [0, 0.1) is 5.82 Å². The molecule has 2 amide bonds. The van der Waals surface area contributed by atoms with E-state index in [2.05, 4.69) is 5.32 Å². The Hall–Kier alpha value is -3.15. The summed E-state index contributed by atoms with van der Waals surface area (Å²) in [5, 5.41) is 2.75. The lowest BCUT2D eigenvalue weighted by Gasteiger charge is -2.22. The summed E-state index contributed by atoms with van der Waals surface area (Å²) in [5.74, 6) is -0.321. The van der Waals surface area contributed by atoms with Gasteiger partial charge >= 0.3 is 6.09 Å². The number of amides is 2. The SMILES string of the molecule is CC(C)(C)OC(=O)NC1CC(=O)N(c2ccc(/C=C/c3cccc(F)c3)cc2)C1. The number of nitrogens with zero attached hydrogens (tertiary/aromatic N) is 1. The van der Waals surface area contributed by atoms with Gasteiger partial charge in [-0.15, -0.1) is 0 Å². The van der Waals surface area contributed by atoms with Crippen molar-refractivity contribution < 1.29 is 18.7 Å². The van der Waals surface area contributed by atoms with Crippen LogP contribution in [0.25, 0.3) is 12.2 Å². The number of rotatable bonds is 4. The number of alkyl carbamates (subject to hydrolysis) is 1. The van der Waals surface area contributed by atoms with E-state index in [1.54, 1.807) is 31.7 Å². The minimum absolute atomic E-state index is 0.0471. The molecule has 0 aliphatic carbocycles. The Kier molecular flexibility index (Phi) is 6.01. The van der Waals surface area contributed by atoms with E-state index in [1.165, 1.54) is 12.1 Å². The largest absolute Gasteiger partial charge is 0.444 e. The van der Waals surface area contributed by atoms with Crippen molar-refractivity contribution in [3.63, 3.8) is 0 Å². The molecule has 6 heteroatoms. The fourth-order valence-corrected chi connectivity index (χ4v) is 3.10. The summed E-state index contributed by atoms with van der Waals surface area (Å²) < 4.78 is 18.5. The number of anilines is 1. The summed E-state index contributed by atoms with van der Waals surface area (Å²) in [4.78, 5) is 25.9. The van der Waals surface area contributed by atoms with E-state index in [4.69, 9.17) is 4.74 Å². The van der Waals surface area contributed by atoms with E-state index in [1.807, 2.05) is 42.5 Å². The average molecular weight is 396 g/mol. The lowest BCUT2D eigenvalue weighted by atomic mass is 10.1. The van der Waals surface area contributed by atoms with Crippen molar-refractivity contribution in [1.29, 1.82) is 0 Å². The standard InChI is InChI=1S/C23H25FN2O3/c1-23(2,3)29-22(28)25-19-14-21(27)26(15-19)20-11-9-16(10-12-20)7-8-17-5-4-6-18(24)13-17/h4-13,19H,14-15H2,1-3H3,(H,25,28)/b8-7+. The van der Waals surface area contributed by atoms with Crippen LogP contribution in [0.4, 0.5) is 14.9 Å². The summed E-state index contributed by atoms with van der Waals surface area (Å²) in [6, 6.07) is 13.6. The average Bonchev–Trinajstić information content (AvgIpc) is 2.99. The molecule has 5 nitrogen and oxygen atoms in total. The second-order valence-electron chi connectivity index (χ2n) is 8.03. The van der Waals surface area contributed by atoms with Gasteiger partial charge in [-0.2, -0.15) is 0 Å². The monoisotopic (exact) mass is 396 g/mol. The summed E-state index contributed by atoms with van der Waals surface area (Å²) >= 11 is 0. The number of ether oxygens (including phenoxy) is 1. The van der Waals surface area contributed by atoms with E-state index in [0.29, 0.717) is 6.54 Å². The highest BCUT2D eigenvalue weighted by molar-refractivity contribution is 5.96. The molecule has 2 aromatic carbocycles. The Morgan fingerprint density at radius 3 is 2.48 bits per heavy atom. The first-order valence-corrected chi connectivity index (χ1v) is 9.53. The maximum absolute atomic E-state index is 13.2. The molecule has 2 aromatic rings. The molecule has 1 heterocycles. The normalized spacial score (nSPS) is 17.0. The van der Waals surface area contributed by atoms with Crippen molar-refractivity contribution in [3.8, 4) is 0 Å². The van der Waals surface area contributed by atoms with Crippen LogP contribution in [0.3, 0.4) is 0 Å². The summed E-state index contributed by atoms with van der Waals surface area (Å²) in [6.45, 7) is 5.78. The molecule has 1 N–H and O–H groups in total. The molecule has 0 radical (unpaired) electrons. The van der Waals surface area contributed by atoms with Gasteiger partial charge in [0, 0.05) is 18.7 Å². The van der Waals surface area contributed by atoms with Gasteiger partial charge in [0.05, 0.1) is 6.04 Å². The predicted molar refractivity (Wildman–Crippen MR) is 112 cm³/mol. The Morgan fingerprint density at radius 2 is 1.83 bits per heavy atom. The van der Waals surface area contributed by atoms with Gasteiger partial charge in [-0.05, 0) is 56.2 Å². The fraction of sp³-hybridized carbons (Fsp3) is 0.304. The van der Waals surface area contributed by atoms with Crippen LogP contribution >= 0.6 is 0 Å². The highest BCUT2D eigenvalue weighted by Gasteiger charge is 2.32. The molecule has 0 bridgehead atoms. The third-order valence-electron chi connectivity index (χ3n) is 4.37. The Labute approximate surface area is 170 Å². The van der Waals surface area contributed by atoms with E-state index in [-0.39, 0.29) is 24.2 Å². The minimum Gasteiger partial charge on any atom is -0.444 e. The van der Waals surface area contributed by atoms with E-state index in [9.17, 15) is 14.0 Å². The molecule has 3 rings (SSSR count). The molecule has 1 saturated heterocycles. The number of nitrogens with one attached hydrogen (secondary N) is 1. The van der Waals surface area contributed by atoms with Crippen LogP contribution in [-0.2, 0) is 9.53 Å². The second-order valence-corrected chi connectivity index (χ2v) is 8.03. The van der Waals surface area contributed by atoms with Gasteiger partial charge in [-0.3, -0.25) is 4.79 Å². The zero-order valence-electron chi connectivity index (χ0n) is 16.8. The third-order valence-corrected chi connectivity index (χ3v) is 4.37. The van der Waals surface area contributed by atoms with Crippen molar-refractivity contribution in [3.05, 3.63) is 65.5 Å². The molecule has 1 aliphatic heterocycles. The van der Waals surface area contributed by atoms with Gasteiger partial charge in [-0.25, -0.2) is 9.18 Å². The number of hydrogen-bond acceptors (Lipinski definition) is 3. The van der Waals surface area contributed by atoms with Crippen LogP contribution in [-0.4, -0.2) is 30.2 Å². The van der Waals surface area contributed by atoms with Crippen molar-refractivity contribution >= 4 is 29.8 Å². The molecule has 1 aliphatic rings. The molecule has 0 aromatic heterocycles.